The van der Waals surface area contributed by atoms with Crippen molar-refractivity contribution in [2.75, 3.05) is 0 Å². The summed E-state index contributed by atoms with van der Waals surface area (Å²) in [5, 5.41) is 0. The van der Waals surface area contributed by atoms with Crippen molar-refractivity contribution in [3.63, 3.8) is 0 Å². The number of rotatable bonds is 2. The Labute approximate surface area is 70.6 Å². The average molecular weight is 220 g/mol. The van der Waals surface area contributed by atoms with E-state index >= 15 is 0 Å². The van der Waals surface area contributed by atoms with Gasteiger partial charge in [-0.1, -0.05) is 0 Å². The zero-order valence-corrected chi connectivity index (χ0v) is 6.90. The summed E-state index contributed by atoms with van der Waals surface area (Å²) in [6.07, 6.45) is 0. The van der Waals surface area contributed by atoms with Gasteiger partial charge in [0.25, 0.3) is 0 Å². The van der Waals surface area contributed by atoms with Crippen LogP contribution >= 0.6 is 0 Å². The summed E-state index contributed by atoms with van der Waals surface area (Å²) in [5.41, 5.74) is -5.71. The SMILES string of the molecule is CC(=O)C(=O)OS(=O)(=O)C(F)(F)F. The Morgan fingerprint density at radius 2 is 1.62 bits per heavy atom. The molecule has 0 amide bonds. The maximum atomic E-state index is 11.5. The molecule has 0 rings (SSSR count). The molecule has 0 aliphatic rings. The van der Waals surface area contributed by atoms with Crippen molar-refractivity contribution >= 4 is 21.9 Å². The van der Waals surface area contributed by atoms with Crippen LogP contribution in [0.5, 0.6) is 0 Å². The number of alkyl halides is 3. The number of Topliss-reactive ketones (excluding diaryl/α,β-unsaturated/α-hetero) is 1. The Morgan fingerprint density at radius 1 is 1.23 bits per heavy atom. The second kappa shape index (κ2) is 3.32. The Morgan fingerprint density at radius 3 is 1.85 bits per heavy atom. The molecule has 0 aliphatic heterocycles. The van der Waals surface area contributed by atoms with Crippen LogP contribution in [0.1, 0.15) is 6.92 Å². The van der Waals surface area contributed by atoms with Gasteiger partial charge < -0.3 is 4.18 Å². The van der Waals surface area contributed by atoms with Crippen LogP contribution in [0.2, 0.25) is 0 Å². The quantitative estimate of drug-likeness (QED) is 0.371. The minimum Gasteiger partial charge on any atom is -0.332 e. The first-order chi connectivity index (χ1) is 5.58. The molecule has 76 valence electrons. The van der Waals surface area contributed by atoms with E-state index in [1.54, 1.807) is 0 Å². The molecule has 0 saturated carbocycles. The number of ketones is 1. The first-order valence-electron chi connectivity index (χ1n) is 2.63. The number of carbonyl (C=O) groups is 2. The molecule has 0 bridgehead atoms. The molecule has 0 atom stereocenters. The van der Waals surface area contributed by atoms with E-state index < -0.39 is 27.4 Å². The predicted molar refractivity (Wildman–Crippen MR) is 31.7 cm³/mol. The van der Waals surface area contributed by atoms with Gasteiger partial charge in [-0.3, -0.25) is 4.79 Å². The van der Waals surface area contributed by atoms with Crippen molar-refractivity contribution < 1.29 is 35.4 Å². The van der Waals surface area contributed by atoms with Crippen LogP contribution in [0.4, 0.5) is 13.2 Å². The highest BCUT2D eigenvalue weighted by Gasteiger charge is 2.49. The Hall–Kier alpha value is -1.12. The highest BCUT2D eigenvalue weighted by Crippen LogP contribution is 2.24. The Balaban J connectivity index is 4.75. The van der Waals surface area contributed by atoms with E-state index in [1.807, 2.05) is 0 Å². The van der Waals surface area contributed by atoms with Crippen LogP contribution in [-0.2, 0) is 23.9 Å². The molecule has 0 N–H and O–H groups in total. The predicted octanol–water partition coefficient (Wildman–Crippen LogP) is -0.0318. The van der Waals surface area contributed by atoms with Crippen molar-refractivity contribution in [3.05, 3.63) is 0 Å². The first-order valence-corrected chi connectivity index (χ1v) is 4.04. The van der Waals surface area contributed by atoms with Gasteiger partial charge in [-0.15, -0.1) is 0 Å². The van der Waals surface area contributed by atoms with Gasteiger partial charge in [0.05, 0.1) is 0 Å². The molecular formula is C4H3F3O5S. The van der Waals surface area contributed by atoms with Gasteiger partial charge in [-0.2, -0.15) is 21.6 Å². The Kier molecular flexibility index (Phi) is 3.04. The highest BCUT2D eigenvalue weighted by atomic mass is 32.2. The van der Waals surface area contributed by atoms with E-state index in [0.29, 0.717) is 6.92 Å². The zero-order valence-electron chi connectivity index (χ0n) is 6.08. The molecule has 0 spiro atoms. The second-order valence-electron chi connectivity index (χ2n) is 1.83. The van der Waals surface area contributed by atoms with Crippen LogP contribution in [0.25, 0.3) is 0 Å². The molecule has 0 aliphatic carbocycles. The van der Waals surface area contributed by atoms with Crippen molar-refractivity contribution in [2.24, 2.45) is 0 Å². The lowest BCUT2D eigenvalue weighted by Gasteiger charge is -2.05. The highest BCUT2D eigenvalue weighted by molar-refractivity contribution is 7.88. The van der Waals surface area contributed by atoms with Crippen LogP contribution in [0.3, 0.4) is 0 Å². The molecule has 0 unspecified atom stereocenters. The zero-order chi connectivity index (χ0) is 10.9. The standard InChI is InChI=1S/C4H3F3O5S/c1-2(8)3(9)12-13(10,11)4(5,6)7/h1H3. The molecule has 0 saturated heterocycles. The molecule has 9 heteroatoms. The third-order valence-electron chi connectivity index (χ3n) is 0.756. The number of hydrogen-bond donors (Lipinski definition) is 0. The normalized spacial score (nSPS) is 12.3. The number of carbonyl (C=O) groups excluding carboxylic acids is 2. The van der Waals surface area contributed by atoms with Gasteiger partial charge in [0, 0.05) is 6.92 Å². The molecular weight excluding hydrogens is 217 g/mol. The largest absolute Gasteiger partial charge is 0.534 e. The van der Waals surface area contributed by atoms with Gasteiger partial charge in [0.1, 0.15) is 0 Å². The average Bonchev–Trinajstić information content (AvgIpc) is 1.83. The summed E-state index contributed by atoms with van der Waals surface area (Å²) in [6.45, 7) is 0.578. The monoisotopic (exact) mass is 220 g/mol. The summed E-state index contributed by atoms with van der Waals surface area (Å²) in [6, 6.07) is 0. The van der Waals surface area contributed by atoms with Crippen LogP contribution < -0.4 is 0 Å². The summed E-state index contributed by atoms with van der Waals surface area (Å²) >= 11 is 0. The van der Waals surface area contributed by atoms with Crippen LogP contribution in [0.15, 0.2) is 0 Å². The molecule has 0 aromatic rings. The van der Waals surface area contributed by atoms with E-state index in [1.165, 1.54) is 0 Å². The van der Waals surface area contributed by atoms with Gasteiger partial charge >= 0.3 is 21.6 Å². The third-order valence-corrected chi connectivity index (χ3v) is 1.69. The van der Waals surface area contributed by atoms with Gasteiger partial charge in [0.2, 0.25) is 5.78 Å². The fourth-order valence-electron chi connectivity index (χ4n) is 0.206. The van der Waals surface area contributed by atoms with E-state index in [0.717, 1.165) is 0 Å². The summed E-state index contributed by atoms with van der Waals surface area (Å²) < 4.78 is 57.5. The fourth-order valence-corrected chi connectivity index (χ4v) is 0.617. The molecule has 0 aromatic heterocycles. The van der Waals surface area contributed by atoms with Gasteiger partial charge in [0.15, 0.2) is 0 Å². The lowest BCUT2D eigenvalue weighted by Crippen LogP contribution is -2.30. The van der Waals surface area contributed by atoms with E-state index in [9.17, 15) is 31.2 Å². The fraction of sp³-hybridized carbons (Fsp3) is 0.500. The van der Waals surface area contributed by atoms with E-state index in [4.69, 9.17) is 0 Å². The van der Waals surface area contributed by atoms with Crippen molar-refractivity contribution in [3.8, 4) is 0 Å². The van der Waals surface area contributed by atoms with Gasteiger partial charge in [-0.25, -0.2) is 4.79 Å². The molecule has 13 heavy (non-hydrogen) atoms. The van der Waals surface area contributed by atoms with Gasteiger partial charge in [-0.05, 0) is 0 Å². The number of halogens is 3. The van der Waals surface area contributed by atoms with Crippen molar-refractivity contribution in [2.45, 2.75) is 12.4 Å². The maximum absolute atomic E-state index is 11.5. The summed E-state index contributed by atoms with van der Waals surface area (Å²) in [7, 11) is -6.01. The lowest BCUT2D eigenvalue weighted by atomic mass is 10.5. The van der Waals surface area contributed by atoms with Crippen LogP contribution in [0, 0.1) is 0 Å². The third kappa shape index (κ3) is 3.01. The molecule has 0 aromatic carbocycles. The van der Waals surface area contributed by atoms with Crippen LogP contribution in [-0.4, -0.2) is 25.7 Å². The Bertz CT molecular complexity index is 326. The summed E-state index contributed by atoms with van der Waals surface area (Å²) in [5.74, 6) is -3.51. The summed E-state index contributed by atoms with van der Waals surface area (Å²) in [4.78, 5) is 20.2. The number of hydrogen-bond acceptors (Lipinski definition) is 5. The minimum absolute atomic E-state index is 0.578. The molecule has 0 fully saturated rings. The molecule has 5 nitrogen and oxygen atoms in total. The first kappa shape index (κ1) is 11.9. The van der Waals surface area contributed by atoms with Crippen molar-refractivity contribution in [1.82, 2.24) is 0 Å². The maximum Gasteiger partial charge on any atom is 0.534 e. The second-order valence-corrected chi connectivity index (χ2v) is 3.36. The molecule has 0 radical (unpaired) electrons. The topological polar surface area (TPSA) is 77.5 Å². The van der Waals surface area contributed by atoms with E-state index in [2.05, 4.69) is 4.18 Å². The van der Waals surface area contributed by atoms with Crippen molar-refractivity contribution in [1.29, 1.82) is 0 Å². The van der Waals surface area contributed by atoms with E-state index in [-0.39, 0.29) is 0 Å². The smallest absolute Gasteiger partial charge is 0.332 e. The minimum atomic E-state index is -6.01. The molecule has 0 heterocycles. The lowest BCUT2D eigenvalue weighted by molar-refractivity contribution is -0.147.